The molecule has 0 spiro atoms. The van der Waals surface area contributed by atoms with Gasteiger partial charge in [0.25, 0.3) is 0 Å². The molecule has 3 N–H and O–H groups in total. The fourth-order valence-electron chi connectivity index (χ4n) is 2.06. The molecule has 3 nitrogen and oxygen atoms in total. The van der Waals surface area contributed by atoms with Crippen molar-refractivity contribution in [3.63, 3.8) is 0 Å². The highest BCUT2D eigenvalue weighted by atomic mass is 15.1. The number of anilines is 1. The normalized spacial score (nSPS) is 16.6. The molecule has 0 bridgehead atoms. The molecule has 1 aromatic rings. The molecule has 1 aliphatic carbocycles. The lowest BCUT2D eigenvalue weighted by atomic mass is 9.83. The fourth-order valence-corrected chi connectivity index (χ4v) is 2.06. The lowest BCUT2D eigenvalue weighted by Gasteiger charge is -2.24. The van der Waals surface area contributed by atoms with Crippen molar-refractivity contribution in [2.75, 3.05) is 11.9 Å². The van der Waals surface area contributed by atoms with Crippen LogP contribution < -0.4 is 11.1 Å². The Labute approximate surface area is 103 Å². The van der Waals surface area contributed by atoms with Crippen LogP contribution >= 0.6 is 0 Å². The predicted molar refractivity (Wildman–Crippen MR) is 73.2 cm³/mol. The van der Waals surface area contributed by atoms with Gasteiger partial charge in [-0.15, -0.1) is 0 Å². The Bertz CT molecular complexity index is 394. The predicted octanol–water partition coefficient (Wildman–Crippen LogP) is 2.91. The lowest BCUT2D eigenvalue weighted by Crippen LogP contribution is -2.23. The number of nitrogens with two attached hydrogens (primary N) is 1. The molecule has 2 rings (SSSR count). The van der Waals surface area contributed by atoms with Gasteiger partial charge < -0.3 is 11.1 Å². The van der Waals surface area contributed by atoms with Crippen molar-refractivity contribution >= 4 is 11.6 Å². The first-order valence-corrected chi connectivity index (χ1v) is 6.37. The molecule has 0 heterocycles. The molecule has 0 aromatic heterocycles. The van der Waals surface area contributed by atoms with Crippen molar-refractivity contribution in [1.29, 1.82) is 0 Å². The van der Waals surface area contributed by atoms with Crippen molar-refractivity contribution < 1.29 is 0 Å². The minimum absolute atomic E-state index is 0.523. The molecule has 0 saturated heterocycles. The van der Waals surface area contributed by atoms with E-state index in [9.17, 15) is 0 Å². The van der Waals surface area contributed by atoms with Crippen LogP contribution in [0.5, 0.6) is 0 Å². The summed E-state index contributed by atoms with van der Waals surface area (Å²) in [6, 6.07) is 8.14. The Morgan fingerprint density at radius 3 is 2.94 bits per heavy atom. The number of aliphatic imine (C=N–C) groups is 1. The van der Waals surface area contributed by atoms with E-state index in [1.165, 1.54) is 31.2 Å². The summed E-state index contributed by atoms with van der Waals surface area (Å²) < 4.78 is 0. The Balaban J connectivity index is 1.78. The number of rotatable bonds is 4. The zero-order valence-electron chi connectivity index (χ0n) is 10.4. The third-order valence-corrected chi connectivity index (χ3v) is 3.33. The zero-order valence-corrected chi connectivity index (χ0v) is 10.4. The van der Waals surface area contributed by atoms with E-state index >= 15 is 0 Å². The molecule has 1 aromatic carbocycles. The fraction of sp³-hybridized carbons (Fsp3) is 0.500. The second-order valence-corrected chi connectivity index (χ2v) is 4.85. The molecule has 3 heteroatoms. The summed E-state index contributed by atoms with van der Waals surface area (Å²) in [7, 11) is 0. The van der Waals surface area contributed by atoms with E-state index in [-0.39, 0.29) is 0 Å². The van der Waals surface area contributed by atoms with Gasteiger partial charge in [0.05, 0.1) is 0 Å². The standard InChI is InChI=1S/C14H21N3/c1-11-4-2-7-13(10-11)17-14(15)16-9-8-12-5-3-6-12/h2,4,7,10,12H,3,5-6,8-9H2,1H3,(H3,15,16,17). The molecule has 92 valence electrons. The van der Waals surface area contributed by atoms with Crippen LogP contribution in [-0.2, 0) is 0 Å². The second kappa shape index (κ2) is 5.71. The van der Waals surface area contributed by atoms with Gasteiger partial charge in [-0.1, -0.05) is 31.4 Å². The Kier molecular flexibility index (Phi) is 4.02. The van der Waals surface area contributed by atoms with Crippen LogP contribution in [0, 0.1) is 12.8 Å². The molecule has 0 radical (unpaired) electrons. The first-order chi connectivity index (χ1) is 8.24. The van der Waals surface area contributed by atoms with Crippen LogP contribution in [0.1, 0.15) is 31.2 Å². The van der Waals surface area contributed by atoms with E-state index in [1.807, 2.05) is 12.1 Å². The highest BCUT2D eigenvalue weighted by Gasteiger charge is 2.16. The molecule has 1 saturated carbocycles. The van der Waals surface area contributed by atoms with E-state index in [0.717, 1.165) is 18.2 Å². The number of hydrogen-bond acceptors (Lipinski definition) is 1. The maximum atomic E-state index is 5.84. The van der Waals surface area contributed by atoms with Crippen LogP contribution in [-0.4, -0.2) is 12.5 Å². The summed E-state index contributed by atoms with van der Waals surface area (Å²) in [5.41, 5.74) is 8.07. The van der Waals surface area contributed by atoms with Gasteiger partial charge >= 0.3 is 0 Å². The number of nitrogens with one attached hydrogen (secondary N) is 1. The number of aryl methyl sites for hydroxylation is 1. The third-order valence-electron chi connectivity index (χ3n) is 3.33. The van der Waals surface area contributed by atoms with E-state index in [4.69, 9.17) is 5.73 Å². The monoisotopic (exact) mass is 231 g/mol. The molecule has 0 aliphatic heterocycles. The molecular weight excluding hydrogens is 210 g/mol. The summed E-state index contributed by atoms with van der Waals surface area (Å²) >= 11 is 0. The molecule has 0 atom stereocenters. The van der Waals surface area contributed by atoms with Crippen molar-refractivity contribution in [3.8, 4) is 0 Å². The van der Waals surface area contributed by atoms with Crippen molar-refractivity contribution in [2.45, 2.75) is 32.6 Å². The number of nitrogens with zero attached hydrogens (tertiary/aromatic N) is 1. The minimum atomic E-state index is 0.523. The van der Waals surface area contributed by atoms with Crippen LogP contribution in [0.3, 0.4) is 0 Å². The molecule has 17 heavy (non-hydrogen) atoms. The van der Waals surface area contributed by atoms with Gasteiger partial charge in [0.15, 0.2) is 5.96 Å². The highest BCUT2D eigenvalue weighted by molar-refractivity contribution is 5.92. The Hall–Kier alpha value is -1.51. The third kappa shape index (κ3) is 3.77. The summed E-state index contributed by atoms with van der Waals surface area (Å²) in [5.74, 6) is 1.42. The largest absolute Gasteiger partial charge is 0.370 e. The van der Waals surface area contributed by atoms with Crippen LogP contribution in [0.4, 0.5) is 5.69 Å². The van der Waals surface area contributed by atoms with Crippen LogP contribution in [0.2, 0.25) is 0 Å². The Morgan fingerprint density at radius 1 is 1.47 bits per heavy atom. The lowest BCUT2D eigenvalue weighted by molar-refractivity contribution is 0.300. The molecule has 0 unspecified atom stereocenters. The maximum Gasteiger partial charge on any atom is 0.193 e. The summed E-state index contributed by atoms with van der Waals surface area (Å²) in [4.78, 5) is 4.35. The SMILES string of the molecule is Cc1cccc(NC(N)=NCCC2CCC2)c1. The van der Waals surface area contributed by atoms with E-state index in [0.29, 0.717) is 5.96 Å². The quantitative estimate of drug-likeness (QED) is 0.618. The van der Waals surface area contributed by atoms with Crippen molar-refractivity contribution in [1.82, 2.24) is 0 Å². The van der Waals surface area contributed by atoms with E-state index < -0.39 is 0 Å². The van der Waals surface area contributed by atoms with Crippen LogP contribution in [0.15, 0.2) is 29.3 Å². The molecule has 1 aliphatic rings. The minimum Gasteiger partial charge on any atom is -0.370 e. The van der Waals surface area contributed by atoms with Crippen molar-refractivity contribution in [2.24, 2.45) is 16.6 Å². The van der Waals surface area contributed by atoms with Crippen molar-refractivity contribution in [3.05, 3.63) is 29.8 Å². The van der Waals surface area contributed by atoms with Crippen LogP contribution in [0.25, 0.3) is 0 Å². The first kappa shape index (κ1) is 12.0. The molecule has 1 fully saturated rings. The average molecular weight is 231 g/mol. The smallest absolute Gasteiger partial charge is 0.193 e. The average Bonchev–Trinajstić information content (AvgIpc) is 2.22. The van der Waals surface area contributed by atoms with E-state index in [1.54, 1.807) is 0 Å². The summed E-state index contributed by atoms with van der Waals surface area (Å²) in [5, 5.41) is 3.12. The van der Waals surface area contributed by atoms with Gasteiger partial charge in [0, 0.05) is 12.2 Å². The maximum absolute atomic E-state index is 5.84. The van der Waals surface area contributed by atoms with Gasteiger partial charge in [0.2, 0.25) is 0 Å². The first-order valence-electron chi connectivity index (χ1n) is 6.37. The topological polar surface area (TPSA) is 50.4 Å². The summed E-state index contributed by atoms with van der Waals surface area (Å²) in [6.45, 7) is 2.91. The number of benzene rings is 1. The van der Waals surface area contributed by atoms with Gasteiger partial charge in [0.1, 0.15) is 0 Å². The zero-order chi connectivity index (χ0) is 12.1. The van der Waals surface area contributed by atoms with Gasteiger partial charge in [-0.3, -0.25) is 4.99 Å². The van der Waals surface area contributed by atoms with Gasteiger partial charge in [-0.2, -0.15) is 0 Å². The number of guanidine groups is 1. The number of hydrogen-bond donors (Lipinski definition) is 2. The van der Waals surface area contributed by atoms with Gasteiger partial charge in [-0.25, -0.2) is 0 Å². The highest BCUT2D eigenvalue weighted by Crippen LogP contribution is 2.29. The second-order valence-electron chi connectivity index (χ2n) is 4.85. The van der Waals surface area contributed by atoms with Gasteiger partial charge in [-0.05, 0) is 37.0 Å². The molecular formula is C14H21N3. The molecule has 0 amide bonds. The van der Waals surface area contributed by atoms with E-state index in [2.05, 4.69) is 29.4 Å². The summed E-state index contributed by atoms with van der Waals surface area (Å²) in [6.07, 6.45) is 5.32. The Morgan fingerprint density at radius 2 is 2.29 bits per heavy atom.